The standard InChI is InChI=1S/C5H4F4O3S/c6-3-1-13(10,11)12-2-5(8,9)4(3)7/h1-2H2. The van der Waals surface area contributed by atoms with Gasteiger partial charge in [-0.1, -0.05) is 0 Å². The van der Waals surface area contributed by atoms with Crippen LogP contribution < -0.4 is 0 Å². The SMILES string of the molecule is O=S1(=O)CC(F)=C(F)C(F)(F)CO1. The molecule has 0 saturated heterocycles. The van der Waals surface area contributed by atoms with Gasteiger partial charge in [0.05, 0.1) is 0 Å². The Kier molecular flexibility index (Phi) is 2.37. The molecule has 1 aliphatic rings. The smallest absolute Gasteiger partial charge is 0.263 e. The first kappa shape index (κ1) is 10.5. The second-order valence-electron chi connectivity index (χ2n) is 2.39. The molecule has 1 aliphatic heterocycles. The maximum Gasteiger partial charge on any atom is 0.325 e. The van der Waals surface area contributed by atoms with E-state index in [-0.39, 0.29) is 0 Å². The summed E-state index contributed by atoms with van der Waals surface area (Å²) in [5, 5.41) is 0. The molecule has 1 heterocycles. The summed E-state index contributed by atoms with van der Waals surface area (Å²) >= 11 is 0. The minimum Gasteiger partial charge on any atom is -0.263 e. The molecule has 0 radical (unpaired) electrons. The van der Waals surface area contributed by atoms with E-state index >= 15 is 0 Å². The molecule has 76 valence electrons. The summed E-state index contributed by atoms with van der Waals surface area (Å²) in [5.41, 5.74) is 0. The molecule has 0 spiro atoms. The van der Waals surface area contributed by atoms with Crippen molar-refractivity contribution in [1.29, 1.82) is 0 Å². The highest BCUT2D eigenvalue weighted by atomic mass is 32.2. The zero-order valence-corrected chi connectivity index (χ0v) is 6.88. The number of hydrogen-bond acceptors (Lipinski definition) is 3. The summed E-state index contributed by atoms with van der Waals surface area (Å²) in [7, 11) is -4.43. The Bertz CT molecular complexity index is 345. The Morgan fingerprint density at radius 3 is 2.38 bits per heavy atom. The van der Waals surface area contributed by atoms with E-state index in [9.17, 15) is 26.0 Å². The minimum atomic E-state index is -4.43. The maximum absolute atomic E-state index is 12.4. The molecule has 0 saturated carbocycles. The van der Waals surface area contributed by atoms with Crippen molar-refractivity contribution in [3.05, 3.63) is 11.7 Å². The van der Waals surface area contributed by atoms with Crippen molar-refractivity contribution in [3.8, 4) is 0 Å². The highest BCUT2D eigenvalue weighted by molar-refractivity contribution is 7.86. The molecule has 0 amide bonds. The summed E-state index contributed by atoms with van der Waals surface area (Å²) in [6.45, 7) is -1.70. The third-order valence-electron chi connectivity index (χ3n) is 1.28. The van der Waals surface area contributed by atoms with Crippen LogP contribution in [0.15, 0.2) is 11.7 Å². The summed E-state index contributed by atoms with van der Waals surface area (Å²) in [6.07, 6.45) is 0. The number of alkyl halides is 2. The molecule has 8 heteroatoms. The second kappa shape index (κ2) is 2.95. The lowest BCUT2D eigenvalue weighted by Crippen LogP contribution is -2.24. The fourth-order valence-corrected chi connectivity index (χ4v) is 1.53. The van der Waals surface area contributed by atoms with Gasteiger partial charge in [-0.25, -0.2) is 8.78 Å². The second-order valence-corrected chi connectivity index (χ2v) is 4.03. The van der Waals surface area contributed by atoms with Crippen molar-refractivity contribution in [2.75, 3.05) is 12.4 Å². The van der Waals surface area contributed by atoms with E-state index < -0.39 is 40.1 Å². The Balaban J connectivity index is 3.13. The summed E-state index contributed by atoms with van der Waals surface area (Å²) < 4.78 is 74.2. The number of halogens is 4. The average Bonchev–Trinajstić information content (AvgIpc) is 2.03. The summed E-state index contributed by atoms with van der Waals surface area (Å²) in [5.74, 6) is -10.1. The molecule has 0 aromatic rings. The first-order chi connectivity index (χ1) is 5.75. The van der Waals surface area contributed by atoms with Crippen molar-refractivity contribution < 1.29 is 30.2 Å². The van der Waals surface area contributed by atoms with Crippen LogP contribution in [-0.2, 0) is 14.3 Å². The van der Waals surface area contributed by atoms with Gasteiger partial charge in [0.1, 0.15) is 12.4 Å². The first-order valence-corrected chi connectivity index (χ1v) is 4.62. The fourth-order valence-electron chi connectivity index (χ4n) is 0.686. The van der Waals surface area contributed by atoms with E-state index in [1.807, 2.05) is 0 Å². The number of hydrogen-bond donors (Lipinski definition) is 0. The molecule has 0 aliphatic carbocycles. The van der Waals surface area contributed by atoms with Crippen molar-refractivity contribution in [2.45, 2.75) is 5.92 Å². The van der Waals surface area contributed by atoms with E-state index in [1.165, 1.54) is 0 Å². The lowest BCUT2D eigenvalue weighted by Gasteiger charge is -2.09. The lowest BCUT2D eigenvalue weighted by molar-refractivity contribution is -0.0227. The van der Waals surface area contributed by atoms with Crippen molar-refractivity contribution in [2.24, 2.45) is 0 Å². The molecule has 0 bridgehead atoms. The van der Waals surface area contributed by atoms with E-state index in [1.54, 1.807) is 0 Å². The quantitative estimate of drug-likeness (QED) is 0.454. The highest BCUT2D eigenvalue weighted by Crippen LogP contribution is 2.32. The molecular formula is C5H4F4O3S. The molecule has 3 nitrogen and oxygen atoms in total. The van der Waals surface area contributed by atoms with Crippen molar-refractivity contribution >= 4 is 10.1 Å². The van der Waals surface area contributed by atoms with Gasteiger partial charge in [-0.3, -0.25) is 4.18 Å². The predicted octanol–water partition coefficient (Wildman–Crippen LogP) is 1.13. The van der Waals surface area contributed by atoms with Crippen LogP contribution in [0.1, 0.15) is 0 Å². The Hall–Kier alpha value is -0.630. The van der Waals surface area contributed by atoms with E-state index in [0.29, 0.717) is 0 Å². The van der Waals surface area contributed by atoms with Gasteiger partial charge in [-0.15, -0.1) is 0 Å². The highest BCUT2D eigenvalue weighted by Gasteiger charge is 2.43. The summed E-state index contributed by atoms with van der Waals surface area (Å²) in [4.78, 5) is 0. The normalized spacial score (nSPS) is 27.1. The molecule has 0 atom stereocenters. The Labute approximate surface area is 71.1 Å². The van der Waals surface area contributed by atoms with Crippen LogP contribution in [0.5, 0.6) is 0 Å². The molecule has 0 N–H and O–H groups in total. The van der Waals surface area contributed by atoms with Crippen molar-refractivity contribution in [3.63, 3.8) is 0 Å². The zero-order valence-electron chi connectivity index (χ0n) is 6.06. The van der Waals surface area contributed by atoms with Crippen LogP contribution >= 0.6 is 0 Å². The van der Waals surface area contributed by atoms with Crippen LogP contribution in [-0.4, -0.2) is 26.7 Å². The number of rotatable bonds is 0. The molecule has 0 aromatic carbocycles. The molecule has 0 fully saturated rings. The molecule has 1 rings (SSSR count). The Morgan fingerprint density at radius 1 is 1.31 bits per heavy atom. The van der Waals surface area contributed by atoms with Gasteiger partial charge < -0.3 is 0 Å². The molecule has 0 unspecified atom stereocenters. The summed E-state index contributed by atoms with van der Waals surface area (Å²) in [6, 6.07) is 0. The minimum absolute atomic E-state index is 1.49. The molecular weight excluding hydrogens is 216 g/mol. The predicted molar refractivity (Wildman–Crippen MR) is 33.9 cm³/mol. The lowest BCUT2D eigenvalue weighted by atomic mass is 10.3. The van der Waals surface area contributed by atoms with Crippen LogP contribution in [0.4, 0.5) is 17.6 Å². The van der Waals surface area contributed by atoms with Crippen LogP contribution in [0.2, 0.25) is 0 Å². The van der Waals surface area contributed by atoms with Gasteiger partial charge in [-0.2, -0.15) is 17.2 Å². The maximum atomic E-state index is 12.4. The molecule has 0 aromatic heterocycles. The van der Waals surface area contributed by atoms with Gasteiger partial charge in [0.2, 0.25) is 5.83 Å². The topological polar surface area (TPSA) is 43.4 Å². The fraction of sp³-hybridized carbons (Fsp3) is 0.600. The van der Waals surface area contributed by atoms with Crippen LogP contribution in [0, 0.1) is 0 Å². The monoisotopic (exact) mass is 220 g/mol. The van der Waals surface area contributed by atoms with E-state index in [0.717, 1.165) is 0 Å². The molecule has 13 heavy (non-hydrogen) atoms. The van der Waals surface area contributed by atoms with Gasteiger partial charge >= 0.3 is 5.92 Å². The van der Waals surface area contributed by atoms with Gasteiger partial charge in [0, 0.05) is 0 Å². The third kappa shape index (κ3) is 2.19. The van der Waals surface area contributed by atoms with E-state index in [2.05, 4.69) is 4.18 Å². The van der Waals surface area contributed by atoms with Gasteiger partial charge in [0.15, 0.2) is 5.83 Å². The van der Waals surface area contributed by atoms with Gasteiger partial charge in [-0.05, 0) is 0 Å². The van der Waals surface area contributed by atoms with Gasteiger partial charge in [0.25, 0.3) is 10.1 Å². The van der Waals surface area contributed by atoms with Crippen LogP contribution in [0.25, 0.3) is 0 Å². The third-order valence-corrected chi connectivity index (χ3v) is 2.37. The first-order valence-electron chi connectivity index (χ1n) is 3.04. The van der Waals surface area contributed by atoms with E-state index in [4.69, 9.17) is 0 Å². The Morgan fingerprint density at radius 2 is 1.85 bits per heavy atom. The van der Waals surface area contributed by atoms with Crippen LogP contribution in [0.3, 0.4) is 0 Å². The largest absolute Gasteiger partial charge is 0.325 e. The average molecular weight is 220 g/mol. The zero-order chi connectivity index (χ0) is 10.3. The van der Waals surface area contributed by atoms with Crippen molar-refractivity contribution in [1.82, 2.24) is 0 Å².